The summed E-state index contributed by atoms with van der Waals surface area (Å²) in [6, 6.07) is 5.82. The first-order valence-electron chi connectivity index (χ1n) is 10.6. The van der Waals surface area contributed by atoms with Crippen molar-refractivity contribution in [3.8, 4) is 0 Å². The maximum Gasteiger partial charge on any atom is 0.355 e. The van der Waals surface area contributed by atoms with Crippen LogP contribution in [0.25, 0.3) is 0 Å². The molecule has 11 heteroatoms. The van der Waals surface area contributed by atoms with Crippen LogP contribution in [0.5, 0.6) is 0 Å². The van der Waals surface area contributed by atoms with Crippen LogP contribution in [0.4, 0.5) is 5.69 Å². The minimum atomic E-state index is -3.54. The molecule has 1 aromatic heterocycles. The van der Waals surface area contributed by atoms with Crippen molar-refractivity contribution in [3.05, 3.63) is 46.8 Å². The van der Waals surface area contributed by atoms with Gasteiger partial charge in [0.25, 0.3) is 5.91 Å². The molecule has 0 radical (unpaired) electrons. The van der Waals surface area contributed by atoms with E-state index >= 15 is 0 Å². The number of ether oxygens (including phenoxy) is 2. The molecule has 0 unspecified atom stereocenters. The highest BCUT2D eigenvalue weighted by atomic mass is 32.2. The van der Waals surface area contributed by atoms with Crippen molar-refractivity contribution in [3.63, 3.8) is 0 Å². The first-order chi connectivity index (χ1) is 15.6. The number of sulfonamides is 1. The zero-order chi connectivity index (χ0) is 24.2. The predicted molar refractivity (Wildman–Crippen MR) is 120 cm³/mol. The third kappa shape index (κ3) is 5.42. The molecule has 1 aromatic carbocycles. The fraction of sp³-hybridized carbons (Fsp3) is 0.409. The van der Waals surface area contributed by atoms with Crippen molar-refractivity contribution < 1.29 is 32.3 Å². The largest absolute Gasteiger partial charge is 0.461 e. The number of hydrogen-bond donors (Lipinski definition) is 2. The number of nitrogens with one attached hydrogen (secondary N) is 2. The SMILES string of the molecule is CCOC(=O)c1[nH]c(C)c(C(=O)OCC(=O)Nc2ccc(S(=O)(=O)N3CCCC3)cc2)c1C. The Kier molecular flexibility index (Phi) is 7.54. The summed E-state index contributed by atoms with van der Waals surface area (Å²) in [6.45, 7) is 5.54. The van der Waals surface area contributed by atoms with Gasteiger partial charge in [-0.3, -0.25) is 4.79 Å². The zero-order valence-electron chi connectivity index (χ0n) is 18.8. The molecule has 33 heavy (non-hydrogen) atoms. The average molecular weight is 478 g/mol. The number of rotatable bonds is 8. The van der Waals surface area contributed by atoms with Gasteiger partial charge in [-0.25, -0.2) is 18.0 Å². The van der Waals surface area contributed by atoms with Crippen LogP contribution in [0.2, 0.25) is 0 Å². The molecule has 1 aliphatic heterocycles. The average Bonchev–Trinajstić information content (AvgIpc) is 3.41. The number of carbonyl (C=O) groups is 3. The third-order valence-electron chi connectivity index (χ3n) is 5.30. The van der Waals surface area contributed by atoms with Gasteiger partial charge in [-0.1, -0.05) is 0 Å². The van der Waals surface area contributed by atoms with Crippen LogP contribution in [0.3, 0.4) is 0 Å². The van der Waals surface area contributed by atoms with Crippen LogP contribution in [0, 0.1) is 13.8 Å². The quantitative estimate of drug-likeness (QED) is 0.557. The van der Waals surface area contributed by atoms with Gasteiger partial charge in [0.05, 0.1) is 17.1 Å². The van der Waals surface area contributed by atoms with Gasteiger partial charge in [0, 0.05) is 24.5 Å². The van der Waals surface area contributed by atoms with E-state index in [0.29, 0.717) is 30.0 Å². The molecule has 1 saturated heterocycles. The van der Waals surface area contributed by atoms with E-state index in [4.69, 9.17) is 9.47 Å². The Morgan fingerprint density at radius 2 is 1.67 bits per heavy atom. The van der Waals surface area contributed by atoms with Crippen molar-refractivity contribution >= 4 is 33.6 Å². The van der Waals surface area contributed by atoms with Crippen molar-refractivity contribution in [2.24, 2.45) is 0 Å². The van der Waals surface area contributed by atoms with Crippen LogP contribution in [-0.4, -0.2) is 61.9 Å². The van der Waals surface area contributed by atoms with E-state index in [1.807, 2.05) is 0 Å². The van der Waals surface area contributed by atoms with Crippen LogP contribution in [-0.2, 0) is 24.3 Å². The normalized spacial score (nSPS) is 14.2. The molecule has 0 bridgehead atoms. The number of nitrogens with zero attached hydrogens (tertiary/aromatic N) is 1. The molecule has 0 saturated carbocycles. The fourth-order valence-corrected chi connectivity index (χ4v) is 5.17. The van der Waals surface area contributed by atoms with E-state index in [-0.39, 0.29) is 22.8 Å². The summed E-state index contributed by atoms with van der Waals surface area (Å²) in [5.74, 6) is -1.92. The smallest absolute Gasteiger partial charge is 0.355 e. The van der Waals surface area contributed by atoms with Gasteiger partial charge >= 0.3 is 11.9 Å². The Labute approximate surface area is 192 Å². The number of H-pyrrole nitrogens is 1. The van der Waals surface area contributed by atoms with Gasteiger partial charge in [0.1, 0.15) is 5.69 Å². The monoisotopic (exact) mass is 477 g/mol. The molecule has 2 heterocycles. The second-order valence-corrected chi connectivity index (χ2v) is 9.54. The topological polar surface area (TPSA) is 135 Å². The molecule has 3 rings (SSSR count). The van der Waals surface area contributed by atoms with Crippen LogP contribution < -0.4 is 5.32 Å². The molecular formula is C22H27N3O7S. The maximum absolute atomic E-state index is 12.6. The van der Waals surface area contributed by atoms with E-state index in [1.165, 1.54) is 28.6 Å². The van der Waals surface area contributed by atoms with Gasteiger partial charge in [-0.2, -0.15) is 4.31 Å². The summed E-state index contributed by atoms with van der Waals surface area (Å²) >= 11 is 0. The van der Waals surface area contributed by atoms with Gasteiger partial charge in [-0.05, 0) is 63.4 Å². The summed E-state index contributed by atoms with van der Waals surface area (Å²) in [6.07, 6.45) is 1.69. The first-order valence-corrected chi connectivity index (χ1v) is 12.0. The van der Waals surface area contributed by atoms with Crippen molar-refractivity contribution in [1.82, 2.24) is 9.29 Å². The van der Waals surface area contributed by atoms with Crippen LogP contribution >= 0.6 is 0 Å². The van der Waals surface area contributed by atoms with Crippen molar-refractivity contribution in [1.29, 1.82) is 0 Å². The highest BCUT2D eigenvalue weighted by molar-refractivity contribution is 7.89. The van der Waals surface area contributed by atoms with Gasteiger partial charge in [0.15, 0.2) is 6.61 Å². The lowest BCUT2D eigenvalue weighted by Crippen LogP contribution is -2.27. The number of amides is 1. The minimum absolute atomic E-state index is 0.157. The molecule has 2 aromatic rings. The number of carbonyl (C=O) groups excluding carboxylic acids is 3. The van der Waals surface area contributed by atoms with E-state index in [1.54, 1.807) is 20.8 Å². The highest BCUT2D eigenvalue weighted by Crippen LogP contribution is 2.22. The molecule has 0 atom stereocenters. The Morgan fingerprint density at radius 1 is 1.03 bits per heavy atom. The molecule has 1 fully saturated rings. The summed E-state index contributed by atoms with van der Waals surface area (Å²) in [4.78, 5) is 39.6. The number of aryl methyl sites for hydroxylation is 1. The maximum atomic E-state index is 12.6. The standard InChI is InChI=1S/C22H27N3O7S/c1-4-31-22(28)20-14(2)19(15(3)23-20)21(27)32-13-18(26)24-16-7-9-17(10-8-16)33(29,30)25-11-5-6-12-25/h7-10,23H,4-6,11-13H2,1-3H3,(H,24,26). The van der Waals surface area contributed by atoms with Crippen LogP contribution in [0.15, 0.2) is 29.2 Å². The summed E-state index contributed by atoms with van der Waals surface area (Å²) < 4.78 is 36.6. The lowest BCUT2D eigenvalue weighted by Gasteiger charge is -2.15. The molecule has 2 N–H and O–H groups in total. The molecule has 0 spiro atoms. The van der Waals surface area contributed by atoms with Gasteiger partial charge in [0.2, 0.25) is 10.0 Å². The Balaban J connectivity index is 1.58. The van der Waals surface area contributed by atoms with Crippen molar-refractivity contribution in [2.75, 3.05) is 31.6 Å². The second kappa shape index (κ2) is 10.2. The second-order valence-electron chi connectivity index (χ2n) is 7.61. The molecule has 10 nitrogen and oxygen atoms in total. The van der Waals surface area contributed by atoms with Crippen LogP contribution in [0.1, 0.15) is 51.9 Å². The summed E-state index contributed by atoms with van der Waals surface area (Å²) in [5.41, 5.74) is 1.51. The number of esters is 2. The van der Waals surface area contributed by atoms with E-state index in [2.05, 4.69) is 10.3 Å². The lowest BCUT2D eigenvalue weighted by molar-refractivity contribution is -0.119. The fourth-order valence-electron chi connectivity index (χ4n) is 3.65. The number of hydrogen-bond acceptors (Lipinski definition) is 7. The molecule has 0 aliphatic carbocycles. The van der Waals surface area contributed by atoms with Crippen molar-refractivity contribution in [2.45, 2.75) is 38.5 Å². The Morgan fingerprint density at radius 3 is 2.27 bits per heavy atom. The number of anilines is 1. The number of aromatic amines is 1. The lowest BCUT2D eigenvalue weighted by atomic mass is 10.1. The molecule has 1 amide bonds. The molecule has 178 valence electrons. The zero-order valence-corrected chi connectivity index (χ0v) is 19.6. The van der Waals surface area contributed by atoms with E-state index < -0.39 is 34.5 Å². The first kappa shape index (κ1) is 24.5. The van der Waals surface area contributed by atoms with E-state index in [0.717, 1.165) is 12.8 Å². The Hall–Kier alpha value is -3.18. The molecule has 1 aliphatic rings. The summed E-state index contributed by atoms with van der Waals surface area (Å²) in [5, 5.41) is 2.56. The predicted octanol–water partition coefficient (Wildman–Crippen LogP) is 2.39. The number of aromatic nitrogens is 1. The highest BCUT2D eigenvalue weighted by Gasteiger charge is 2.27. The Bertz CT molecular complexity index is 1150. The minimum Gasteiger partial charge on any atom is -0.461 e. The third-order valence-corrected chi connectivity index (χ3v) is 7.21. The number of benzene rings is 1. The van der Waals surface area contributed by atoms with Gasteiger partial charge < -0.3 is 19.8 Å². The van der Waals surface area contributed by atoms with E-state index in [9.17, 15) is 22.8 Å². The summed E-state index contributed by atoms with van der Waals surface area (Å²) in [7, 11) is -3.54. The molecular weight excluding hydrogens is 450 g/mol. The van der Waals surface area contributed by atoms with Gasteiger partial charge in [-0.15, -0.1) is 0 Å².